The van der Waals surface area contributed by atoms with Crippen LogP contribution < -0.4 is 11.0 Å². The third-order valence-corrected chi connectivity index (χ3v) is 4.68. The van der Waals surface area contributed by atoms with E-state index in [1.807, 2.05) is 0 Å². The molecule has 5 nitrogen and oxygen atoms in total. The maximum atomic E-state index is 12.1. The zero-order chi connectivity index (χ0) is 15.0. The molecular weight excluding hydrogens is 310 g/mol. The lowest BCUT2D eigenvalue weighted by molar-refractivity contribution is 0.426. The molecule has 0 saturated heterocycles. The number of nitrogens with zero attached hydrogens (tertiary/aromatic N) is 1. The summed E-state index contributed by atoms with van der Waals surface area (Å²) in [6.45, 7) is 0. The Kier molecular flexibility index (Phi) is 4.08. The normalized spacial score (nSPS) is 13.9. The highest BCUT2D eigenvalue weighted by Gasteiger charge is 2.18. The van der Waals surface area contributed by atoms with Gasteiger partial charge < -0.3 is 15.0 Å². The van der Waals surface area contributed by atoms with Crippen molar-refractivity contribution in [3.8, 4) is 11.4 Å². The first-order chi connectivity index (χ1) is 10.1. The molecule has 1 aromatic heterocycles. The number of halogens is 1. The number of fused-ring (bicyclic) bond motifs is 1. The third-order valence-electron chi connectivity index (χ3n) is 3.38. The predicted molar refractivity (Wildman–Crippen MR) is 85.0 cm³/mol. The number of hydrogen-bond acceptors (Lipinski definition) is 5. The number of aromatic amines is 1. The summed E-state index contributed by atoms with van der Waals surface area (Å²) in [7, 11) is -1.58. The van der Waals surface area contributed by atoms with Gasteiger partial charge in [0.2, 0.25) is 0 Å². The van der Waals surface area contributed by atoms with Crippen molar-refractivity contribution in [2.75, 3.05) is 5.75 Å². The lowest BCUT2D eigenvalue weighted by Gasteiger charge is -2.15. The molecule has 21 heavy (non-hydrogen) atoms. The summed E-state index contributed by atoms with van der Waals surface area (Å²) >= 11 is 7.88. The second-order valence-corrected chi connectivity index (χ2v) is 6.27. The number of benzene rings is 1. The second kappa shape index (κ2) is 5.85. The molecule has 0 bridgehead atoms. The molecule has 0 radical (unpaired) electrons. The highest BCUT2D eigenvalue weighted by Crippen LogP contribution is 2.26. The van der Waals surface area contributed by atoms with Crippen LogP contribution in [0.1, 0.15) is 11.3 Å². The van der Waals surface area contributed by atoms with Crippen molar-refractivity contribution in [2.24, 2.45) is 0 Å². The number of thioether (sulfide) groups is 1. The van der Waals surface area contributed by atoms with Crippen molar-refractivity contribution < 1.29 is 10.0 Å². The fourth-order valence-electron chi connectivity index (χ4n) is 2.25. The van der Waals surface area contributed by atoms with Gasteiger partial charge in [-0.1, -0.05) is 23.7 Å². The monoisotopic (exact) mass is 322 g/mol. The van der Waals surface area contributed by atoms with Gasteiger partial charge in [-0.05, 0) is 23.7 Å². The van der Waals surface area contributed by atoms with Crippen molar-refractivity contribution in [3.05, 3.63) is 44.8 Å². The standard InChI is InChI=1S/C13H12BClN2O3S/c15-10-5-7(14(19)20)1-2-8(10)12-16-11-3-4-21-6-9(11)13(18)17-12/h1-2,5,19-20H,3-4,6H2,(H,16,17,18). The minimum atomic E-state index is -1.58. The topological polar surface area (TPSA) is 86.2 Å². The van der Waals surface area contributed by atoms with Gasteiger partial charge in [0.25, 0.3) is 5.56 Å². The lowest BCUT2D eigenvalue weighted by atomic mass is 9.80. The van der Waals surface area contributed by atoms with Gasteiger partial charge in [-0.2, -0.15) is 11.8 Å². The van der Waals surface area contributed by atoms with E-state index in [4.69, 9.17) is 21.6 Å². The molecular formula is C13H12BClN2O3S. The van der Waals surface area contributed by atoms with Gasteiger partial charge in [-0.25, -0.2) is 4.98 Å². The highest BCUT2D eigenvalue weighted by molar-refractivity contribution is 7.98. The second-order valence-electron chi connectivity index (χ2n) is 4.76. The molecule has 3 N–H and O–H groups in total. The van der Waals surface area contributed by atoms with E-state index in [2.05, 4.69) is 9.97 Å². The maximum Gasteiger partial charge on any atom is 0.488 e. The molecule has 1 aromatic carbocycles. The number of aromatic nitrogens is 2. The van der Waals surface area contributed by atoms with Crippen molar-refractivity contribution in [3.63, 3.8) is 0 Å². The van der Waals surface area contributed by atoms with Crippen molar-refractivity contribution >= 4 is 35.9 Å². The largest absolute Gasteiger partial charge is 0.488 e. The number of hydrogen-bond donors (Lipinski definition) is 3. The van der Waals surface area contributed by atoms with E-state index in [-0.39, 0.29) is 5.56 Å². The number of rotatable bonds is 2. The average molecular weight is 323 g/mol. The van der Waals surface area contributed by atoms with Crippen LogP contribution in [0.3, 0.4) is 0 Å². The van der Waals surface area contributed by atoms with Gasteiger partial charge in [0.1, 0.15) is 5.82 Å². The molecule has 0 unspecified atom stereocenters. The fraction of sp³-hybridized carbons (Fsp3) is 0.231. The van der Waals surface area contributed by atoms with E-state index >= 15 is 0 Å². The zero-order valence-corrected chi connectivity index (χ0v) is 12.5. The predicted octanol–water partition coefficient (Wildman–Crippen LogP) is 0.559. The quantitative estimate of drug-likeness (QED) is 0.703. The van der Waals surface area contributed by atoms with Gasteiger partial charge in [-0.15, -0.1) is 0 Å². The van der Waals surface area contributed by atoms with Crippen LogP contribution in [0, 0.1) is 0 Å². The first-order valence-electron chi connectivity index (χ1n) is 6.42. The van der Waals surface area contributed by atoms with E-state index < -0.39 is 7.12 Å². The van der Waals surface area contributed by atoms with Crippen molar-refractivity contribution in [1.82, 2.24) is 9.97 Å². The molecule has 0 atom stereocenters. The van der Waals surface area contributed by atoms with Gasteiger partial charge in [0.05, 0.1) is 10.7 Å². The Balaban J connectivity index is 2.09. The van der Waals surface area contributed by atoms with Crippen LogP contribution in [0.25, 0.3) is 11.4 Å². The molecule has 0 amide bonds. The van der Waals surface area contributed by atoms with Crippen LogP contribution in [-0.4, -0.2) is 32.9 Å². The van der Waals surface area contributed by atoms with Gasteiger partial charge >= 0.3 is 7.12 Å². The molecule has 0 spiro atoms. The van der Waals surface area contributed by atoms with E-state index in [1.54, 1.807) is 23.9 Å². The Morgan fingerprint density at radius 1 is 1.38 bits per heavy atom. The molecule has 0 fully saturated rings. The zero-order valence-electron chi connectivity index (χ0n) is 11.0. The Hall–Kier alpha value is -1.28. The summed E-state index contributed by atoms with van der Waals surface area (Å²) in [6, 6.07) is 4.62. The van der Waals surface area contributed by atoms with Gasteiger partial charge in [-0.3, -0.25) is 4.79 Å². The van der Waals surface area contributed by atoms with Crippen LogP contribution in [0.15, 0.2) is 23.0 Å². The maximum absolute atomic E-state index is 12.1. The van der Waals surface area contributed by atoms with Crippen molar-refractivity contribution in [2.45, 2.75) is 12.2 Å². The lowest BCUT2D eigenvalue weighted by Crippen LogP contribution is -2.29. The Morgan fingerprint density at radius 2 is 2.19 bits per heavy atom. The molecule has 8 heteroatoms. The first kappa shape index (κ1) is 14.7. The van der Waals surface area contributed by atoms with Crippen LogP contribution >= 0.6 is 23.4 Å². The summed E-state index contributed by atoms with van der Waals surface area (Å²) in [5.74, 6) is 2.04. The van der Waals surface area contributed by atoms with E-state index in [0.29, 0.717) is 27.6 Å². The van der Waals surface area contributed by atoms with E-state index in [1.165, 1.54) is 6.07 Å². The molecule has 1 aliphatic heterocycles. The highest BCUT2D eigenvalue weighted by atomic mass is 35.5. The SMILES string of the molecule is O=c1[nH]c(-c2ccc(B(O)O)cc2Cl)nc2c1CSCC2. The van der Waals surface area contributed by atoms with Crippen LogP contribution in [0.2, 0.25) is 5.02 Å². The minimum Gasteiger partial charge on any atom is -0.423 e. The number of nitrogens with one attached hydrogen (secondary N) is 1. The Morgan fingerprint density at radius 3 is 2.90 bits per heavy atom. The summed E-state index contributed by atoms with van der Waals surface area (Å²) in [5, 5.41) is 18.6. The van der Waals surface area contributed by atoms with Crippen LogP contribution in [-0.2, 0) is 12.2 Å². The van der Waals surface area contributed by atoms with Crippen LogP contribution in [0.4, 0.5) is 0 Å². The van der Waals surface area contributed by atoms with E-state index in [9.17, 15) is 4.79 Å². The molecule has 0 saturated carbocycles. The summed E-state index contributed by atoms with van der Waals surface area (Å²) in [4.78, 5) is 19.4. The minimum absolute atomic E-state index is 0.135. The van der Waals surface area contributed by atoms with Gasteiger partial charge in [0, 0.05) is 16.9 Å². The Bertz CT molecular complexity index is 751. The summed E-state index contributed by atoms with van der Waals surface area (Å²) < 4.78 is 0. The first-order valence-corrected chi connectivity index (χ1v) is 7.95. The summed E-state index contributed by atoms with van der Waals surface area (Å²) in [5.41, 5.74) is 2.27. The summed E-state index contributed by atoms with van der Waals surface area (Å²) in [6.07, 6.45) is 0.766. The smallest absolute Gasteiger partial charge is 0.423 e. The third kappa shape index (κ3) is 2.87. The molecule has 2 aromatic rings. The molecule has 3 rings (SSSR count). The number of H-pyrrole nitrogens is 1. The Labute approximate surface area is 130 Å². The molecule has 1 aliphatic rings. The van der Waals surface area contributed by atoms with Crippen molar-refractivity contribution in [1.29, 1.82) is 0 Å². The molecule has 0 aliphatic carbocycles. The van der Waals surface area contributed by atoms with Crippen LogP contribution in [0.5, 0.6) is 0 Å². The van der Waals surface area contributed by atoms with E-state index in [0.717, 1.165) is 23.4 Å². The van der Waals surface area contributed by atoms with Gasteiger partial charge in [0.15, 0.2) is 0 Å². The molecule has 108 valence electrons. The average Bonchev–Trinajstić information content (AvgIpc) is 2.47. The number of aryl methyl sites for hydroxylation is 1. The molecule has 2 heterocycles. The fourth-order valence-corrected chi connectivity index (χ4v) is 3.52.